The summed E-state index contributed by atoms with van der Waals surface area (Å²) in [5.41, 5.74) is 3.55. The molecule has 0 radical (unpaired) electrons. The summed E-state index contributed by atoms with van der Waals surface area (Å²) in [6, 6.07) is -0.147. The molecule has 0 fully saturated rings. The first-order chi connectivity index (χ1) is 8.21. The fourth-order valence-electron chi connectivity index (χ4n) is 1.56. The van der Waals surface area contributed by atoms with Crippen molar-refractivity contribution >= 4 is 0 Å². The Bertz CT molecular complexity index is 311. The van der Waals surface area contributed by atoms with Gasteiger partial charge in [0, 0.05) is 32.9 Å². The zero-order valence-corrected chi connectivity index (χ0v) is 10.6. The monoisotopic (exact) mass is 243 g/mol. The lowest BCUT2D eigenvalue weighted by atomic mass is 10.1. The van der Waals surface area contributed by atoms with Crippen molar-refractivity contribution in [3.8, 4) is 0 Å². The summed E-state index contributed by atoms with van der Waals surface area (Å²) in [6.07, 6.45) is 2.07. The number of nitrogens with zero attached hydrogens (tertiary/aromatic N) is 3. The van der Waals surface area contributed by atoms with Gasteiger partial charge in [-0.3, -0.25) is 16.0 Å². The Morgan fingerprint density at radius 2 is 2.06 bits per heavy atom. The maximum absolute atomic E-state index is 5.52. The highest BCUT2D eigenvalue weighted by atomic mass is 16.7. The normalized spacial score (nSPS) is 13.2. The van der Waals surface area contributed by atoms with Gasteiger partial charge in [0.25, 0.3) is 0 Å². The third-order valence-electron chi connectivity index (χ3n) is 2.28. The highest BCUT2D eigenvalue weighted by Gasteiger charge is 2.22. The molecule has 0 spiro atoms. The van der Waals surface area contributed by atoms with Crippen LogP contribution in [0.2, 0.25) is 0 Å². The molecule has 1 rings (SSSR count). The van der Waals surface area contributed by atoms with E-state index in [0.29, 0.717) is 19.6 Å². The molecular weight excluding hydrogens is 222 g/mol. The largest absolute Gasteiger partial charge is 0.351 e. The molecule has 1 unspecified atom stereocenters. The predicted molar refractivity (Wildman–Crippen MR) is 62.9 cm³/mol. The minimum atomic E-state index is -0.378. The number of nitrogens with two attached hydrogens (primary N) is 1. The van der Waals surface area contributed by atoms with Gasteiger partial charge in [-0.15, -0.1) is 5.10 Å². The van der Waals surface area contributed by atoms with E-state index in [4.69, 9.17) is 15.3 Å². The van der Waals surface area contributed by atoms with Crippen LogP contribution in [0.5, 0.6) is 0 Å². The van der Waals surface area contributed by atoms with Gasteiger partial charge in [0.05, 0.1) is 11.7 Å². The molecule has 0 amide bonds. The van der Waals surface area contributed by atoms with Crippen LogP contribution in [0.4, 0.5) is 0 Å². The zero-order valence-electron chi connectivity index (χ0n) is 10.6. The quantitative estimate of drug-likeness (QED) is 0.366. The molecular formula is C10H21N5O2. The molecule has 3 N–H and O–H groups in total. The molecule has 1 heterocycles. The number of rotatable bonds is 8. The Balaban J connectivity index is 2.61. The maximum Gasteiger partial charge on any atom is 0.174 e. The van der Waals surface area contributed by atoms with Crippen LogP contribution in [-0.2, 0) is 22.9 Å². The van der Waals surface area contributed by atoms with Crippen molar-refractivity contribution in [3.63, 3.8) is 0 Å². The first-order valence-electron chi connectivity index (χ1n) is 5.75. The number of aromatic nitrogens is 3. The number of ether oxygens (including phenoxy) is 2. The number of aryl methyl sites for hydroxylation is 1. The third-order valence-corrected chi connectivity index (χ3v) is 2.28. The van der Waals surface area contributed by atoms with Gasteiger partial charge in [0.1, 0.15) is 0 Å². The summed E-state index contributed by atoms with van der Waals surface area (Å²) in [5, 5.41) is 7.88. The molecule has 0 aliphatic carbocycles. The first kappa shape index (κ1) is 14.0. The molecule has 7 heteroatoms. The van der Waals surface area contributed by atoms with E-state index < -0.39 is 0 Å². The molecule has 0 aliphatic rings. The van der Waals surface area contributed by atoms with Crippen LogP contribution in [0.3, 0.4) is 0 Å². The highest BCUT2D eigenvalue weighted by molar-refractivity contribution is 4.96. The summed E-state index contributed by atoms with van der Waals surface area (Å²) in [6.45, 7) is 4.98. The van der Waals surface area contributed by atoms with E-state index in [2.05, 4.69) is 15.7 Å². The van der Waals surface area contributed by atoms with Crippen molar-refractivity contribution in [3.05, 3.63) is 11.9 Å². The van der Waals surface area contributed by atoms with E-state index in [0.717, 1.165) is 5.69 Å². The number of hydrogen-bond donors (Lipinski definition) is 2. The van der Waals surface area contributed by atoms with Gasteiger partial charge in [0.15, 0.2) is 6.29 Å². The fraction of sp³-hybridized carbons (Fsp3) is 0.800. The lowest BCUT2D eigenvalue weighted by Crippen LogP contribution is -2.48. The average Bonchev–Trinajstić information content (AvgIpc) is 2.72. The molecule has 0 bridgehead atoms. The lowest BCUT2D eigenvalue weighted by molar-refractivity contribution is -0.153. The summed E-state index contributed by atoms with van der Waals surface area (Å²) < 4.78 is 12.6. The Morgan fingerprint density at radius 1 is 1.41 bits per heavy atom. The molecule has 0 saturated heterocycles. The Hall–Kier alpha value is -1.02. The number of hydrogen-bond acceptors (Lipinski definition) is 6. The van der Waals surface area contributed by atoms with Gasteiger partial charge in [-0.25, -0.2) is 0 Å². The zero-order chi connectivity index (χ0) is 12.7. The molecule has 1 aromatic heterocycles. The van der Waals surface area contributed by atoms with E-state index in [1.165, 1.54) is 0 Å². The van der Waals surface area contributed by atoms with Crippen LogP contribution in [0.1, 0.15) is 19.5 Å². The molecule has 0 aromatic carbocycles. The second kappa shape index (κ2) is 7.33. The number of hydrazine groups is 1. The third kappa shape index (κ3) is 4.39. The molecule has 0 saturated carbocycles. The van der Waals surface area contributed by atoms with Gasteiger partial charge in [-0.05, 0) is 13.8 Å². The van der Waals surface area contributed by atoms with Crippen molar-refractivity contribution in [1.82, 2.24) is 20.4 Å². The Labute approximate surface area is 101 Å². The second-order valence-corrected chi connectivity index (χ2v) is 3.64. The van der Waals surface area contributed by atoms with E-state index in [9.17, 15) is 0 Å². The van der Waals surface area contributed by atoms with Gasteiger partial charge < -0.3 is 9.47 Å². The molecule has 1 atom stereocenters. The van der Waals surface area contributed by atoms with Crippen LogP contribution in [0, 0.1) is 0 Å². The number of nitrogens with one attached hydrogen (secondary N) is 1. The first-order valence-corrected chi connectivity index (χ1v) is 5.75. The summed E-state index contributed by atoms with van der Waals surface area (Å²) in [5.74, 6) is 5.52. The van der Waals surface area contributed by atoms with E-state index in [1.54, 1.807) is 4.68 Å². The molecule has 1 aromatic rings. The van der Waals surface area contributed by atoms with Gasteiger partial charge in [0.2, 0.25) is 0 Å². The SMILES string of the molecule is CCOC(OCC)C(Cc1cn(C)nn1)NN. The molecule has 7 nitrogen and oxygen atoms in total. The van der Waals surface area contributed by atoms with E-state index >= 15 is 0 Å². The van der Waals surface area contributed by atoms with Crippen molar-refractivity contribution < 1.29 is 9.47 Å². The highest BCUT2D eigenvalue weighted by Crippen LogP contribution is 2.07. The summed E-state index contributed by atoms with van der Waals surface area (Å²) >= 11 is 0. The van der Waals surface area contributed by atoms with E-state index in [-0.39, 0.29) is 12.3 Å². The minimum Gasteiger partial charge on any atom is -0.351 e. The van der Waals surface area contributed by atoms with Crippen molar-refractivity contribution in [2.45, 2.75) is 32.6 Å². The Kier molecular flexibility index (Phi) is 6.06. The smallest absolute Gasteiger partial charge is 0.174 e. The van der Waals surface area contributed by atoms with Gasteiger partial charge in [-0.1, -0.05) is 5.21 Å². The van der Waals surface area contributed by atoms with Crippen molar-refractivity contribution in [2.75, 3.05) is 13.2 Å². The standard InChI is InChI=1S/C10H21N5O2/c1-4-16-10(17-5-2)9(12-11)6-8-7-15(3)14-13-8/h7,9-10,12H,4-6,11H2,1-3H3. The maximum atomic E-state index is 5.52. The van der Waals surface area contributed by atoms with Crippen LogP contribution in [0.25, 0.3) is 0 Å². The van der Waals surface area contributed by atoms with Crippen LogP contribution < -0.4 is 11.3 Å². The average molecular weight is 243 g/mol. The van der Waals surface area contributed by atoms with Gasteiger partial charge in [-0.2, -0.15) is 0 Å². The van der Waals surface area contributed by atoms with Crippen LogP contribution >= 0.6 is 0 Å². The summed E-state index contributed by atoms with van der Waals surface area (Å²) in [7, 11) is 1.82. The second-order valence-electron chi connectivity index (χ2n) is 3.64. The van der Waals surface area contributed by atoms with Gasteiger partial charge >= 0.3 is 0 Å². The summed E-state index contributed by atoms with van der Waals surface area (Å²) in [4.78, 5) is 0. The Morgan fingerprint density at radius 3 is 2.47 bits per heavy atom. The molecule has 98 valence electrons. The predicted octanol–water partition coefficient (Wildman–Crippen LogP) is -0.411. The topological polar surface area (TPSA) is 87.2 Å². The minimum absolute atomic E-state index is 0.147. The molecule has 0 aliphatic heterocycles. The van der Waals surface area contributed by atoms with Crippen molar-refractivity contribution in [1.29, 1.82) is 0 Å². The van der Waals surface area contributed by atoms with Crippen LogP contribution in [0.15, 0.2) is 6.20 Å². The fourth-order valence-corrected chi connectivity index (χ4v) is 1.56. The molecule has 17 heavy (non-hydrogen) atoms. The van der Waals surface area contributed by atoms with Crippen molar-refractivity contribution in [2.24, 2.45) is 12.9 Å². The van der Waals surface area contributed by atoms with Crippen LogP contribution in [-0.4, -0.2) is 40.5 Å². The van der Waals surface area contributed by atoms with E-state index in [1.807, 2.05) is 27.1 Å². The lowest BCUT2D eigenvalue weighted by Gasteiger charge is -2.25.